The first-order chi connectivity index (χ1) is 17.5. The number of pyridine rings is 1. The molecule has 1 aromatic heterocycles. The number of aryl methyl sites for hydroxylation is 1. The maximum atomic E-state index is 13.3. The molecule has 194 valence electrons. The number of hydrogen-bond donors (Lipinski definition) is 1. The topological polar surface area (TPSA) is 92.2 Å². The number of aromatic nitrogens is 1. The molecule has 2 aromatic rings. The smallest absolute Gasteiger partial charge is 0.308 e. The van der Waals surface area contributed by atoms with Crippen LogP contribution in [0, 0.1) is 5.92 Å². The number of carbonyl (C=O) groups is 2. The molecule has 1 aromatic carbocycles. The highest BCUT2D eigenvalue weighted by Gasteiger charge is 2.47. The number of hydroxylamine groups is 2. The monoisotopic (exact) mass is 495 g/mol. The van der Waals surface area contributed by atoms with Gasteiger partial charge in [0, 0.05) is 43.4 Å². The first kappa shape index (κ1) is 26.1. The lowest BCUT2D eigenvalue weighted by Crippen LogP contribution is -2.44. The van der Waals surface area contributed by atoms with Crippen molar-refractivity contribution < 1.29 is 24.3 Å². The van der Waals surface area contributed by atoms with Gasteiger partial charge < -0.3 is 9.84 Å². The second-order valence-corrected chi connectivity index (χ2v) is 9.62. The van der Waals surface area contributed by atoms with Gasteiger partial charge in [0.05, 0.1) is 25.7 Å². The summed E-state index contributed by atoms with van der Waals surface area (Å²) in [5, 5.41) is 11.8. The van der Waals surface area contributed by atoms with Gasteiger partial charge in [0.15, 0.2) is 0 Å². The van der Waals surface area contributed by atoms with Crippen molar-refractivity contribution in [3.05, 3.63) is 59.4 Å². The van der Waals surface area contributed by atoms with Crippen LogP contribution in [0.3, 0.4) is 0 Å². The number of carboxylic acids is 1. The van der Waals surface area contributed by atoms with E-state index in [-0.39, 0.29) is 24.4 Å². The molecule has 4 rings (SSSR count). The molecule has 0 aliphatic carbocycles. The lowest BCUT2D eigenvalue weighted by atomic mass is 9.83. The molecule has 1 saturated heterocycles. The molecular formula is C28H37N3O5. The zero-order valence-corrected chi connectivity index (χ0v) is 21.3. The number of hydrogen-bond acceptors (Lipinski definition) is 6. The molecule has 8 heteroatoms. The lowest BCUT2D eigenvalue weighted by Gasteiger charge is -2.29. The highest BCUT2D eigenvalue weighted by Crippen LogP contribution is 2.41. The quantitative estimate of drug-likeness (QED) is 0.449. The molecule has 0 radical (unpaired) electrons. The zero-order valence-electron chi connectivity index (χ0n) is 21.3. The third kappa shape index (κ3) is 6.05. The van der Waals surface area contributed by atoms with Crippen LogP contribution in [-0.2, 0) is 27.3 Å². The fraction of sp³-hybridized carbons (Fsp3) is 0.536. The van der Waals surface area contributed by atoms with Gasteiger partial charge in [0.1, 0.15) is 5.75 Å². The number of ether oxygens (including phenoxy) is 1. The molecule has 2 aliphatic rings. The maximum absolute atomic E-state index is 13.3. The minimum atomic E-state index is -0.828. The predicted molar refractivity (Wildman–Crippen MR) is 136 cm³/mol. The minimum Gasteiger partial charge on any atom is -0.493 e. The highest BCUT2D eigenvalue weighted by molar-refractivity contribution is 5.78. The Bertz CT molecular complexity index is 1030. The zero-order chi connectivity index (χ0) is 25.5. The van der Waals surface area contributed by atoms with E-state index in [1.54, 1.807) is 6.20 Å². The number of carboxylic acid groups (broad SMARTS) is 1. The van der Waals surface area contributed by atoms with Crippen molar-refractivity contribution in [3.8, 4) is 5.75 Å². The van der Waals surface area contributed by atoms with E-state index in [2.05, 4.69) is 16.0 Å². The third-order valence-corrected chi connectivity index (χ3v) is 7.09. The third-order valence-electron chi connectivity index (χ3n) is 7.09. The van der Waals surface area contributed by atoms with Crippen LogP contribution in [0.5, 0.6) is 5.75 Å². The number of carbonyl (C=O) groups excluding carboxylic acids is 1. The first-order valence-electron chi connectivity index (χ1n) is 13.1. The summed E-state index contributed by atoms with van der Waals surface area (Å²) < 4.78 is 5.66. The van der Waals surface area contributed by atoms with Gasteiger partial charge in [-0.1, -0.05) is 32.0 Å². The molecule has 0 bridgehead atoms. The molecule has 3 heterocycles. The van der Waals surface area contributed by atoms with Crippen molar-refractivity contribution >= 4 is 11.9 Å². The van der Waals surface area contributed by atoms with Gasteiger partial charge in [0.25, 0.3) is 5.91 Å². The summed E-state index contributed by atoms with van der Waals surface area (Å²) in [7, 11) is 0. The summed E-state index contributed by atoms with van der Waals surface area (Å²) in [4.78, 5) is 38.1. The Morgan fingerprint density at radius 1 is 1.22 bits per heavy atom. The number of nitrogens with zero attached hydrogens (tertiary/aromatic N) is 3. The number of benzene rings is 1. The van der Waals surface area contributed by atoms with E-state index >= 15 is 0 Å². The Labute approximate surface area is 213 Å². The van der Waals surface area contributed by atoms with Gasteiger partial charge >= 0.3 is 5.97 Å². The van der Waals surface area contributed by atoms with Gasteiger partial charge in [-0.2, -0.15) is 0 Å². The number of amides is 1. The van der Waals surface area contributed by atoms with E-state index in [0.29, 0.717) is 39.1 Å². The average molecular weight is 496 g/mol. The number of aliphatic carboxylic acids is 1. The number of fused-ring (bicyclic) bond motifs is 1. The molecular weight excluding hydrogens is 458 g/mol. The van der Waals surface area contributed by atoms with E-state index in [0.717, 1.165) is 41.8 Å². The Kier molecular flexibility index (Phi) is 8.93. The van der Waals surface area contributed by atoms with Crippen molar-refractivity contribution in [2.24, 2.45) is 5.92 Å². The first-order valence-corrected chi connectivity index (χ1v) is 13.1. The minimum absolute atomic E-state index is 0.125. The van der Waals surface area contributed by atoms with Crippen molar-refractivity contribution in [1.29, 1.82) is 0 Å². The van der Waals surface area contributed by atoms with E-state index in [9.17, 15) is 14.7 Å². The Morgan fingerprint density at radius 2 is 2.08 bits per heavy atom. The largest absolute Gasteiger partial charge is 0.493 e. The molecule has 36 heavy (non-hydrogen) atoms. The maximum Gasteiger partial charge on any atom is 0.308 e. The molecule has 1 fully saturated rings. The summed E-state index contributed by atoms with van der Waals surface area (Å²) in [6.45, 7) is 6.30. The van der Waals surface area contributed by atoms with Gasteiger partial charge in [-0.25, -0.2) is 5.06 Å². The fourth-order valence-corrected chi connectivity index (χ4v) is 5.39. The SMILES string of the molecule is CCCON(CCC)C(=O)CN1CC(c2ccc3c(c2)CCO3)C(C(=O)O)C1CCc1ccccn1. The summed E-state index contributed by atoms with van der Waals surface area (Å²) in [5.41, 5.74) is 3.04. The van der Waals surface area contributed by atoms with Crippen molar-refractivity contribution in [2.45, 2.75) is 57.9 Å². The molecule has 0 saturated carbocycles. The van der Waals surface area contributed by atoms with Crippen LogP contribution in [0.25, 0.3) is 0 Å². The van der Waals surface area contributed by atoms with Gasteiger partial charge in [-0.3, -0.25) is 24.3 Å². The second kappa shape index (κ2) is 12.3. The summed E-state index contributed by atoms with van der Waals surface area (Å²) in [5.74, 6) is -0.916. The second-order valence-electron chi connectivity index (χ2n) is 9.62. The summed E-state index contributed by atoms with van der Waals surface area (Å²) >= 11 is 0. The Balaban J connectivity index is 1.59. The van der Waals surface area contributed by atoms with Crippen molar-refractivity contribution in [2.75, 3.05) is 32.8 Å². The van der Waals surface area contributed by atoms with Gasteiger partial charge in [0.2, 0.25) is 0 Å². The lowest BCUT2D eigenvalue weighted by molar-refractivity contribution is -0.188. The molecule has 3 unspecified atom stereocenters. The van der Waals surface area contributed by atoms with Crippen molar-refractivity contribution in [1.82, 2.24) is 14.9 Å². The molecule has 3 atom stereocenters. The summed E-state index contributed by atoms with van der Waals surface area (Å²) in [6, 6.07) is 11.5. The number of rotatable bonds is 12. The summed E-state index contributed by atoms with van der Waals surface area (Å²) in [6.07, 6.45) is 5.44. The average Bonchev–Trinajstić information content (AvgIpc) is 3.50. The van der Waals surface area contributed by atoms with Crippen LogP contribution in [0.2, 0.25) is 0 Å². The number of likely N-dealkylation sites (tertiary alicyclic amines) is 1. The molecule has 1 amide bonds. The molecule has 0 spiro atoms. The van der Waals surface area contributed by atoms with E-state index in [4.69, 9.17) is 9.57 Å². The van der Waals surface area contributed by atoms with Crippen LogP contribution in [-0.4, -0.2) is 70.8 Å². The van der Waals surface area contributed by atoms with Crippen LogP contribution in [0.15, 0.2) is 42.6 Å². The fourth-order valence-electron chi connectivity index (χ4n) is 5.39. The van der Waals surface area contributed by atoms with Crippen LogP contribution in [0.4, 0.5) is 0 Å². The Morgan fingerprint density at radius 3 is 2.81 bits per heavy atom. The van der Waals surface area contributed by atoms with Crippen LogP contribution < -0.4 is 4.74 Å². The normalized spacial score (nSPS) is 21.2. The standard InChI is InChI=1S/C28H37N3O5/c1-3-14-31(36-15-4-2)26(32)19-30-18-23(20-8-11-25-21(17-20)12-16-35-25)27(28(33)34)24(30)10-9-22-7-5-6-13-29-22/h5-8,11,13,17,23-24,27H,3-4,9-10,12,14-16,18-19H2,1-2H3,(H,33,34). The van der Waals surface area contributed by atoms with Crippen LogP contribution >= 0.6 is 0 Å². The van der Waals surface area contributed by atoms with Crippen LogP contribution in [0.1, 0.15) is 55.8 Å². The molecule has 1 N–H and O–H groups in total. The highest BCUT2D eigenvalue weighted by atomic mass is 16.7. The predicted octanol–water partition coefficient (Wildman–Crippen LogP) is 3.70. The van der Waals surface area contributed by atoms with Gasteiger partial charge in [-0.05, 0) is 55.0 Å². The molecule has 8 nitrogen and oxygen atoms in total. The van der Waals surface area contributed by atoms with Crippen molar-refractivity contribution in [3.63, 3.8) is 0 Å². The Hall–Kier alpha value is -2.97. The molecule has 2 aliphatic heterocycles. The van der Waals surface area contributed by atoms with E-state index in [1.807, 2.05) is 44.2 Å². The van der Waals surface area contributed by atoms with E-state index in [1.165, 1.54) is 5.06 Å². The van der Waals surface area contributed by atoms with Gasteiger partial charge in [-0.15, -0.1) is 0 Å². The van der Waals surface area contributed by atoms with E-state index < -0.39 is 11.9 Å².